The van der Waals surface area contributed by atoms with Gasteiger partial charge in [0.1, 0.15) is 11.6 Å². The van der Waals surface area contributed by atoms with Crippen molar-refractivity contribution in [2.24, 2.45) is 0 Å². The molecule has 0 spiro atoms. The lowest BCUT2D eigenvalue weighted by atomic mass is 10.2. The maximum Gasteiger partial charge on any atom is 0.252 e. The summed E-state index contributed by atoms with van der Waals surface area (Å²) in [5.74, 6) is 2.01. The van der Waals surface area contributed by atoms with E-state index in [1.807, 2.05) is 0 Å². The van der Waals surface area contributed by atoms with Crippen molar-refractivity contribution >= 4 is 5.82 Å². The number of hydrogen-bond acceptors (Lipinski definition) is 5. The summed E-state index contributed by atoms with van der Waals surface area (Å²) >= 11 is 0. The molecule has 2 aliphatic rings. The number of aromatic nitrogens is 2. The van der Waals surface area contributed by atoms with Crippen LogP contribution in [0.15, 0.2) is 10.9 Å². The third kappa shape index (κ3) is 3.19. The van der Waals surface area contributed by atoms with Crippen molar-refractivity contribution in [1.29, 1.82) is 0 Å². The summed E-state index contributed by atoms with van der Waals surface area (Å²) in [4.78, 5) is 23.7. The number of nitrogens with zero attached hydrogens (tertiary/aromatic N) is 3. The Morgan fingerprint density at radius 2 is 2.20 bits per heavy atom. The third-order valence-electron chi connectivity index (χ3n) is 4.22. The van der Waals surface area contributed by atoms with Crippen LogP contribution in [0.1, 0.15) is 24.6 Å². The molecule has 1 saturated carbocycles. The Balaban J connectivity index is 1.64. The van der Waals surface area contributed by atoms with Crippen LogP contribution in [-0.2, 0) is 0 Å². The van der Waals surface area contributed by atoms with E-state index in [-0.39, 0.29) is 5.56 Å². The molecule has 110 valence electrons. The van der Waals surface area contributed by atoms with Crippen LogP contribution in [0.5, 0.6) is 0 Å². The van der Waals surface area contributed by atoms with Gasteiger partial charge < -0.3 is 15.2 Å². The van der Waals surface area contributed by atoms with E-state index in [9.17, 15) is 4.79 Å². The molecule has 0 aromatic carbocycles. The molecule has 1 atom stereocenters. The van der Waals surface area contributed by atoms with Crippen LogP contribution in [0.2, 0.25) is 0 Å². The van der Waals surface area contributed by atoms with E-state index in [0.29, 0.717) is 17.8 Å². The van der Waals surface area contributed by atoms with Gasteiger partial charge in [-0.2, -0.15) is 0 Å². The zero-order valence-corrected chi connectivity index (χ0v) is 12.2. The fourth-order valence-electron chi connectivity index (χ4n) is 2.66. The van der Waals surface area contributed by atoms with Crippen LogP contribution in [0.4, 0.5) is 5.82 Å². The van der Waals surface area contributed by atoms with Crippen molar-refractivity contribution in [3.05, 3.63) is 22.2 Å². The monoisotopic (exact) mass is 277 g/mol. The van der Waals surface area contributed by atoms with Gasteiger partial charge in [-0.1, -0.05) is 0 Å². The lowest BCUT2D eigenvalue weighted by molar-refractivity contribution is 0.122. The first-order valence-corrected chi connectivity index (χ1v) is 7.36. The highest BCUT2D eigenvalue weighted by atomic mass is 16.1. The predicted octanol–water partition coefficient (Wildman–Crippen LogP) is 0.305. The Labute approximate surface area is 119 Å². The first-order valence-electron chi connectivity index (χ1n) is 7.36. The van der Waals surface area contributed by atoms with Gasteiger partial charge in [0.25, 0.3) is 5.56 Å². The summed E-state index contributed by atoms with van der Waals surface area (Å²) in [7, 11) is 4.30. The molecule has 1 aliphatic carbocycles. The summed E-state index contributed by atoms with van der Waals surface area (Å²) in [5.41, 5.74) is -0.0569. The van der Waals surface area contributed by atoms with E-state index in [1.54, 1.807) is 6.07 Å². The Morgan fingerprint density at radius 3 is 2.95 bits per heavy atom. The SMILES string of the molecule is CN1CCN(C)C(CNc2cc(=O)[nH]c(C3CC3)n2)C1. The molecular weight excluding hydrogens is 254 g/mol. The molecule has 2 heterocycles. The van der Waals surface area contributed by atoms with E-state index >= 15 is 0 Å². The number of piperazine rings is 1. The molecule has 2 fully saturated rings. The summed E-state index contributed by atoms with van der Waals surface area (Å²) in [5, 5.41) is 3.33. The van der Waals surface area contributed by atoms with Crippen LogP contribution in [-0.4, -0.2) is 66.1 Å². The maximum absolute atomic E-state index is 11.7. The second-order valence-electron chi connectivity index (χ2n) is 6.07. The fourth-order valence-corrected chi connectivity index (χ4v) is 2.66. The highest BCUT2D eigenvalue weighted by Gasteiger charge is 2.27. The molecule has 0 radical (unpaired) electrons. The van der Waals surface area contributed by atoms with Crippen molar-refractivity contribution in [2.45, 2.75) is 24.8 Å². The quantitative estimate of drug-likeness (QED) is 0.829. The van der Waals surface area contributed by atoms with Crippen LogP contribution in [0.3, 0.4) is 0 Å². The van der Waals surface area contributed by atoms with E-state index in [2.05, 4.69) is 39.2 Å². The standard InChI is InChI=1S/C14H23N5O/c1-18-5-6-19(2)11(9-18)8-15-12-7-13(20)17-14(16-12)10-3-4-10/h7,10-11H,3-6,8-9H2,1-2H3,(H2,15,16,17,20). The van der Waals surface area contributed by atoms with Gasteiger partial charge in [0.2, 0.25) is 0 Å². The predicted molar refractivity (Wildman–Crippen MR) is 79.2 cm³/mol. The van der Waals surface area contributed by atoms with Gasteiger partial charge in [0.05, 0.1) is 0 Å². The largest absolute Gasteiger partial charge is 0.368 e. The van der Waals surface area contributed by atoms with Crippen molar-refractivity contribution in [3.63, 3.8) is 0 Å². The molecule has 6 heteroatoms. The molecule has 2 N–H and O–H groups in total. The molecule has 1 unspecified atom stereocenters. The van der Waals surface area contributed by atoms with Gasteiger partial charge in [0.15, 0.2) is 0 Å². The molecule has 1 saturated heterocycles. The fraction of sp³-hybridized carbons (Fsp3) is 0.714. The summed E-state index contributed by atoms with van der Waals surface area (Å²) in [6.45, 7) is 4.06. The van der Waals surface area contributed by atoms with Gasteiger partial charge in [-0.3, -0.25) is 9.69 Å². The summed E-state index contributed by atoms with van der Waals surface area (Å²) < 4.78 is 0. The van der Waals surface area contributed by atoms with E-state index in [4.69, 9.17) is 0 Å². The zero-order valence-electron chi connectivity index (χ0n) is 12.2. The number of anilines is 1. The molecule has 0 amide bonds. The number of rotatable bonds is 4. The second kappa shape index (κ2) is 5.54. The molecule has 6 nitrogen and oxygen atoms in total. The highest BCUT2D eigenvalue weighted by molar-refractivity contribution is 5.34. The minimum absolute atomic E-state index is 0.0569. The number of hydrogen-bond donors (Lipinski definition) is 2. The van der Waals surface area contributed by atoms with Crippen molar-refractivity contribution < 1.29 is 0 Å². The summed E-state index contributed by atoms with van der Waals surface area (Å²) in [6.07, 6.45) is 2.28. The molecule has 20 heavy (non-hydrogen) atoms. The maximum atomic E-state index is 11.7. The first kappa shape index (κ1) is 13.6. The average Bonchev–Trinajstić information content (AvgIpc) is 3.23. The first-order chi connectivity index (χ1) is 9.61. The number of nitrogens with one attached hydrogen (secondary N) is 2. The molecule has 1 aromatic rings. The Bertz CT molecular complexity index is 525. The number of H-pyrrole nitrogens is 1. The highest BCUT2D eigenvalue weighted by Crippen LogP contribution is 2.37. The Kier molecular flexibility index (Phi) is 3.76. The molecule has 3 rings (SSSR count). The van der Waals surface area contributed by atoms with E-state index < -0.39 is 0 Å². The van der Waals surface area contributed by atoms with Crippen LogP contribution in [0.25, 0.3) is 0 Å². The average molecular weight is 277 g/mol. The number of aromatic amines is 1. The summed E-state index contributed by atoms with van der Waals surface area (Å²) in [6, 6.07) is 2.01. The second-order valence-corrected chi connectivity index (χ2v) is 6.07. The third-order valence-corrected chi connectivity index (χ3v) is 4.22. The zero-order chi connectivity index (χ0) is 14.1. The Hall–Kier alpha value is -1.40. The molecule has 0 bridgehead atoms. The molecule has 1 aromatic heterocycles. The Morgan fingerprint density at radius 1 is 1.40 bits per heavy atom. The van der Waals surface area contributed by atoms with Gasteiger partial charge in [-0.15, -0.1) is 0 Å². The van der Waals surface area contributed by atoms with E-state index in [0.717, 1.165) is 44.8 Å². The minimum Gasteiger partial charge on any atom is -0.368 e. The normalized spacial score (nSPS) is 24.8. The van der Waals surface area contributed by atoms with Crippen LogP contribution in [0, 0.1) is 0 Å². The van der Waals surface area contributed by atoms with Crippen molar-refractivity contribution in [2.75, 3.05) is 45.6 Å². The smallest absolute Gasteiger partial charge is 0.252 e. The van der Waals surface area contributed by atoms with Gasteiger partial charge in [-0.05, 0) is 26.9 Å². The van der Waals surface area contributed by atoms with Crippen molar-refractivity contribution in [3.8, 4) is 0 Å². The van der Waals surface area contributed by atoms with Crippen LogP contribution < -0.4 is 10.9 Å². The molecular formula is C14H23N5O. The van der Waals surface area contributed by atoms with Crippen LogP contribution >= 0.6 is 0 Å². The topological polar surface area (TPSA) is 64.3 Å². The van der Waals surface area contributed by atoms with Gasteiger partial charge >= 0.3 is 0 Å². The van der Waals surface area contributed by atoms with Gasteiger partial charge in [0, 0.05) is 44.2 Å². The lowest BCUT2D eigenvalue weighted by Gasteiger charge is -2.37. The lowest BCUT2D eigenvalue weighted by Crippen LogP contribution is -2.52. The van der Waals surface area contributed by atoms with E-state index in [1.165, 1.54) is 0 Å². The number of likely N-dealkylation sites (N-methyl/N-ethyl adjacent to an activating group) is 2. The minimum atomic E-state index is -0.0569. The van der Waals surface area contributed by atoms with Crippen molar-refractivity contribution in [1.82, 2.24) is 19.8 Å². The molecule has 1 aliphatic heterocycles. The van der Waals surface area contributed by atoms with Gasteiger partial charge in [-0.25, -0.2) is 4.98 Å².